The largest absolute Gasteiger partial charge is 0.481 e. The fourth-order valence-electron chi connectivity index (χ4n) is 2.21. The zero-order chi connectivity index (χ0) is 12.0. The molecule has 0 amide bonds. The van der Waals surface area contributed by atoms with Crippen LogP contribution < -0.4 is 5.32 Å². The van der Waals surface area contributed by atoms with E-state index in [1.54, 1.807) is 0 Å². The van der Waals surface area contributed by atoms with Crippen LogP contribution in [0.25, 0.3) is 0 Å². The molecule has 1 aliphatic rings. The lowest BCUT2D eigenvalue weighted by molar-refractivity contribution is -0.142. The van der Waals surface area contributed by atoms with Gasteiger partial charge in [0.15, 0.2) is 0 Å². The lowest BCUT2D eigenvalue weighted by atomic mass is 9.86. The van der Waals surface area contributed by atoms with Gasteiger partial charge in [0.05, 0.1) is 18.6 Å². The van der Waals surface area contributed by atoms with Crippen molar-refractivity contribution in [1.82, 2.24) is 10.2 Å². The molecule has 1 fully saturated rings. The van der Waals surface area contributed by atoms with Gasteiger partial charge in [-0.2, -0.15) is 0 Å². The molecular weight excluding hydrogens is 208 g/mol. The molecule has 0 unspecified atom stereocenters. The molecule has 5 nitrogen and oxygen atoms in total. The Bertz CT molecular complexity index is 229. The van der Waals surface area contributed by atoms with Crippen LogP contribution in [0.2, 0.25) is 0 Å². The second-order valence-corrected chi connectivity index (χ2v) is 4.46. The molecule has 0 saturated carbocycles. The zero-order valence-corrected chi connectivity index (χ0v) is 9.91. The summed E-state index contributed by atoms with van der Waals surface area (Å²) in [6.45, 7) is 5.05. The number of aliphatic hydroxyl groups is 1. The number of nitrogens with zero attached hydrogens (tertiary/aromatic N) is 1. The molecular formula is C11H22N2O3. The van der Waals surface area contributed by atoms with Crippen LogP contribution in [0.15, 0.2) is 0 Å². The molecule has 1 aliphatic heterocycles. The van der Waals surface area contributed by atoms with Crippen LogP contribution in [0.3, 0.4) is 0 Å². The minimum Gasteiger partial charge on any atom is -0.481 e. The Morgan fingerprint density at radius 3 is 2.50 bits per heavy atom. The Morgan fingerprint density at radius 1 is 1.44 bits per heavy atom. The maximum atomic E-state index is 10.9. The highest BCUT2D eigenvalue weighted by Crippen LogP contribution is 2.25. The monoisotopic (exact) mass is 230 g/mol. The van der Waals surface area contributed by atoms with E-state index >= 15 is 0 Å². The minimum atomic E-state index is -0.763. The van der Waals surface area contributed by atoms with Gasteiger partial charge < -0.3 is 15.5 Å². The second kappa shape index (κ2) is 6.18. The molecule has 0 aromatic carbocycles. The van der Waals surface area contributed by atoms with Crippen LogP contribution in [0.1, 0.15) is 26.2 Å². The predicted octanol–water partition coefficient (Wildman–Crippen LogP) is -0.102. The van der Waals surface area contributed by atoms with Crippen molar-refractivity contribution in [2.75, 3.05) is 32.8 Å². The summed E-state index contributed by atoms with van der Waals surface area (Å²) in [6.07, 6.45) is 2.28. The zero-order valence-electron chi connectivity index (χ0n) is 9.91. The molecule has 0 aliphatic carbocycles. The summed E-state index contributed by atoms with van der Waals surface area (Å²) >= 11 is 0. The highest BCUT2D eigenvalue weighted by atomic mass is 16.4. The summed E-state index contributed by atoms with van der Waals surface area (Å²) in [5, 5.41) is 21.1. The number of aliphatic carboxylic acids is 1. The van der Waals surface area contributed by atoms with E-state index in [0.717, 1.165) is 19.4 Å². The smallest absolute Gasteiger partial charge is 0.305 e. The fraction of sp³-hybridized carbons (Fsp3) is 0.909. The molecule has 0 aromatic heterocycles. The first-order valence-corrected chi connectivity index (χ1v) is 5.93. The molecule has 3 N–H and O–H groups in total. The highest BCUT2D eigenvalue weighted by molar-refractivity contribution is 5.68. The van der Waals surface area contributed by atoms with Crippen LogP contribution in [0, 0.1) is 0 Å². The van der Waals surface area contributed by atoms with Gasteiger partial charge in [-0.15, -0.1) is 0 Å². The van der Waals surface area contributed by atoms with Crippen molar-refractivity contribution < 1.29 is 15.0 Å². The summed E-state index contributed by atoms with van der Waals surface area (Å²) in [4.78, 5) is 13.0. The molecule has 0 atom stereocenters. The molecule has 0 radical (unpaired) electrons. The Kier molecular flexibility index (Phi) is 5.18. The minimum absolute atomic E-state index is 0.0884. The molecule has 1 saturated heterocycles. The van der Waals surface area contributed by atoms with E-state index in [1.807, 2.05) is 0 Å². The van der Waals surface area contributed by atoms with Crippen LogP contribution >= 0.6 is 0 Å². The molecule has 0 bridgehead atoms. The van der Waals surface area contributed by atoms with E-state index in [4.69, 9.17) is 10.2 Å². The molecule has 1 heterocycles. The first-order valence-electron chi connectivity index (χ1n) is 5.93. The standard InChI is InChI=1S/C11H22N2O3/c1-2-3-4-13(5-6-14)11(7-10(15)16)8-12-9-11/h12,14H,2-9H2,1H3,(H,15,16). The topological polar surface area (TPSA) is 72.8 Å². The summed E-state index contributed by atoms with van der Waals surface area (Å²) < 4.78 is 0. The Balaban J connectivity index is 2.60. The van der Waals surface area contributed by atoms with Gasteiger partial charge in [0.25, 0.3) is 0 Å². The van der Waals surface area contributed by atoms with Gasteiger partial charge in [-0.1, -0.05) is 13.3 Å². The number of rotatable bonds is 8. The van der Waals surface area contributed by atoms with Gasteiger partial charge in [-0.05, 0) is 13.0 Å². The van der Waals surface area contributed by atoms with Crippen molar-refractivity contribution in [1.29, 1.82) is 0 Å². The molecule has 16 heavy (non-hydrogen) atoms. The third kappa shape index (κ3) is 3.17. The van der Waals surface area contributed by atoms with Crippen molar-refractivity contribution in [2.24, 2.45) is 0 Å². The highest BCUT2D eigenvalue weighted by Gasteiger charge is 2.43. The first-order chi connectivity index (χ1) is 7.64. The van der Waals surface area contributed by atoms with Crippen molar-refractivity contribution in [2.45, 2.75) is 31.7 Å². The molecule has 1 rings (SSSR count). The SMILES string of the molecule is CCCCN(CCO)C1(CC(=O)O)CNC1. The second-order valence-electron chi connectivity index (χ2n) is 4.46. The first kappa shape index (κ1) is 13.4. The average Bonchev–Trinajstić information content (AvgIpc) is 2.18. The van der Waals surface area contributed by atoms with Crippen molar-refractivity contribution in [3.63, 3.8) is 0 Å². The normalized spacial score (nSPS) is 18.4. The molecule has 0 aromatic rings. The number of carbonyl (C=O) groups is 1. The number of β-amino-alcohol motifs (C(OH)–C–C–N with tert-alkyl or cyclic N) is 1. The van der Waals surface area contributed by atoms with E-state index in [9.17, 15) is 4.79 Å². The van der Waals surface area contributed by atoms with E-state index in [0.29, 0.717) is 19.6 Å². The Labute approximate surface area is 96.4 Å². The third-order valence-electron chi connectivity index (χ3n) is 3.21. The number of carboxylic acids is 1. The predicted molar refractivity (Wildman–Crippen MR) is 61.4 cm³/mol. The van der Waals surface area contributed by atoms with E-state index in [-0.39, 0.29) is 18.6 Å². The van der Waals surface area contributed by atoms with Gasteiger partial charge in [-0.3, -0.25) is 9.69 Å². The van der Waals surface area contributed by atoms with Crippen LogP contribution in [0.5, 0.6) is 0 Å². The average molecular weight is 230 g/mol. The van der Waals surface area contributed by atoms with Crippen molar-refractivity contribution >= 4 is 5.97 Å². The Morgan fingerprint density at radius 2 is 2.12 bits per heavy atom. The van der Waals surface area contributed by atoms with Crippen LogP contribution in [-0.4, -0.2) is 59.4 Å². The maximum absolute atomic E-state index is 10.9. The summed E-state index contributed by atoms with van der Waals surface area (Å²) in [6, 6.07) is 0. The van der Waals surface area contributed by atoms with E-state index < -0.39 is 5.97 Å². The van der Waals surface area contributed by atoms with Gasteiger partial charge in [0, 0.05) is 19.6 Å². The molecule has 0 spiro atoms. The molecule has 94 valence electrons. The van der Waals surface area contributed by atoms with E-state index in [1.165, 1.54) is 0 Å². The number of unbranched alkanes of at least 4 members (excludes halogenated alkanes) is 1. The quantitative estimate of drug-likeness (QED) is 0.543. The number of carboxylic acid groups (broad SMARTS) is 1. The third-order valence-corrected chi connectivity index (χ3v) is 3.21. The van der Waals surface area contributed by atoms with Crippen LogP contribution in [0.4, 0.5) is 0 Å². The maximum Gasteiger partial charge on any atom is 0.305 e. The van der Waals surface area contributed by atoms with Crippen molar-refractivity contribution in [3.8, 4) is 0 Å². The van der Waals surface area contributed by atoms with Gasteiger partial charge >= 0.3 is 5.97 Å². The number of hydrogen-bond acceptors (Lipinski definition) is 4. The number of hydrogen-bond donors (Lipinski definition) is 3. The number of nitrogens with one attached hydrogen (secondary N) is 1. The van der Waals surface area contributed by atoms with Crippen LogP contribution in [-0.2, 0) is 4.79 Å². The summed E-state index contributed by atoms with van der Waals surface area (Å²) in [5.41, 5.74) is -0.274. The van der Waals surface area contributed by atoms with Gasteiger partial charge in [0.2, 0.25) is 0 Å². The van der Waals surface area contributed by atoms with Gasteiger partial charge in [-0.25, -0.2) is 0 Å². The lowest BCUT2D eigenvalue weighted by Crippen LogP contribution is -2.70. The van der Waals surface area contributed by atoms with Crippen molar-refractivity contribution in [3.05, 3.63) is 0 Å². The fourth-order valence-corrected chi connectivity index (χ4v) is 2.21. The van der Waals surface area contributed by atoms with Gasteiger partial charge in [0.1, 0.15) is 0 Å². The Hall–Kier alpha value is -0.650. The lowest BCUT2D eigenvalue weighted by Gasteiger charge is -2.50. The van der Waals surface area contributed by atoms with E-state index in [2.05, 4.69) is 17.1 Å². The number of aliphatic hydroxyl groups excluding tert-OH is 1. The molecule has 5 heteroatoms. The summed E-state index contributed by atoms with van der Waals surface area (Å²) in [7, 11) is 0. The summed E-state index contributed by atoms with van der Waals surface area (Å²) in [5.74, 6) is -0.763.